The zero-order valence-corrected chi connectivity index (χ0v) is 24.8. The maximum atomic E-state index is 13.5. The number of benzene rings is 2. The van der Waals surface area contributed by atoms with E-state index in [1.54, 1.807) is 32.0 Å². The minimum atomic E-state index is -1.08. The number of aromatic hydroxyl groups is 1. The lowest BCUT2D eigenvalue weighted by Crippen LogP contribution is -2.39. The van der Waals surface area contributed by atoms with Gasteiger partial charge >= 0.3 is 12.1 Å². The van der Waals surface area contributed by atoms with Gasteiger partial charge in [0.25, 0.3) is 11.8 Å². The van der Waals surface area contributed by atoms with Crippen LogP contribution in [0.25, 0.3) is 0 Å². The van der Waals surface area contributed by atoms with Gasteiger partial charge in [-0.25, -0.2) is 9.69 Å². The Morgan fingerprint density at radius 2 is 1.80 bits per heavy atom. The second-order valence-electron chi connectivity index (χ2n) is 9.87. The summed E-state index contributed by atoms with van der Waals surface area (Å²) in [5, 5.41) is 27.5. The first-order valence-electron chi connectivity index (χ1n) is 13.9. The molecule has 2 aromatic carbocycles. The summed E-state index contributed by atoms with van der Waals surface area (Å²) >= 11 is 0. The van der Waals surface area contributed by atoms with Gasteiger partial charge in [-0.3, -0.25) is 19.8 Å². The van der Waals surface area contributed by atoms with Crippen molar-refractivity contribution in [2.45, 2.75) is 33.6 Å². The Bertz CT molecular complexity index is 1700. The van der Waals surface area contributed by atoms with Crippen molar-refractivity contribution >= 4 is 41.2 Å². The van der Waals surface area contributed by atoms with Crippen LogP contribution in [0.15, 0.2) is 65.5 Å². The molecule has 14 nitrogen and oxygen atoms in total. The van der Waals surface area contributed by atoms with E-state index in [4.69, 9.17) is 19.4 Å². The number of phenols is 1. The fraction of sp³-hybridized carbons (Fsp3) is 0.226. The van der Waals surface area contributed by atoms with Crippen LogP contribution in [0.1, 0.15) is 56.4 Å². The van der Waals surface area contributed by atoms with Crippen LogP contribution in [0.5, 0.6) is 5.75 Å². The van der Waals surface area contributed by atoms with Crippen LogP contribution in [0.3, 0.4) is 0 Å². The highest BCUT2D eigenvalue weighted by atomic mass is 16.7. The highest BCUT2D eigenvalue weighted by Gasteiger charge is 2.29. The van der Waals surface area contributed by atoms with Crippen LogP contribution in [-0.2, 0) is 20.7 Å². The third-order valence-corrected chi connectivity index (χ3v) is 6.64. The number of hydrogen-bond acceptors (Lipinski definition) is 10. The number of esters is 1. The molecule has 3 amide bonds. The summed E-state index contributed by atoms with van der Waals surface area (Å²) in [5.41, 5.74) is 2.18. The molecule has 0 unspecified atom stereocenters. The Balaban J connectivity index is 1.59. The van der Waals surface area contributed by atoms with E-state index in [0.29, 0.717) is 23.2 Å². The zero-order valence-electron chi connectivity index (χ0n) is 24.8. The maximum absolute atomic E-state index is 13.5. The second-order valence-corrected chi connectivity index (χ2v) is 9.87. The first-order valence-corrected chi connectivity index (χ1v) is 13.9. The van der Waals surface area contributed by atoms with Gasteiger partial charge in [-0.2, -0.15) is 0 Å². The van der Waals surface area contributed by atoms with Crippen LogP contribution in [0.4, 0.5) is 16.3 Å². The van der Waals surface area contributed by atoms with Gasteiger partial charge in [0, 0.05) is 24.4 Å². The van der Waals surface area contributed by atoms with Gasteiger partial charge in [0.15, 0.2) is 11.7 Å². The highest BCUT2D eigenvalue weighted by molar-refractivity contribution is 6.21. The molecule has 0 aliphatic heterocycles. The molecule has 2 aromatic heterocycles. The lowest BCUT2D eigenvalue weighted by molar-refractivity contribution is -0.150. The van der Waals surface area contributed by atoms with Crippen molar-refractivity contribution in [1.29, 1.82) is 5.41 Å². The normalized spacial score (nSPS) is 10.6. The summed E-state index contributed by atoms with van der Waals surface area (Å²) in [6.07, 6.45) is 2.25. The van der Waals surface area contributed by atoms with Crippen molar-refractivity contribution in [3.63, 3.8) is 0 Å². The van der Waals surface area contributed by atoms with Gasteiger partial charge in [-0.1, -0.05) is 30.3 Å². The SMILES string of the molecule is CCCNC(=O)c1c[nH]c(C(=N)N(C(=O)OCOC(=O)Cc2ccc(O)cc2)c2cc(C(=O)Nc3ccon3)ccc2C)c1C. The van der Waals surface area contributed by atoms with Crippen molar-refractivity contribution in [2.75, 3.05) is 23.6 Å². The largest absolute Gasteiger partial charge is 0.508 e. The molecule has 0 saturated heterocycles. The number of aromatic amines is 1. The van der Waals surface area contributed by atoms with Gasteiger partial charge in [0.2, 0.25) is 6.79 Å². The number of phenolic OH excluding ortho intramolecular Hbond substituents is 1. The summed E-state index contributed by atoms with van der Waals surface area (Å²) in [5.74, 6) is -1.76. The number of nitrogens with one attached hydrogen (secondary N) is 4. The number of ether oxygens (including phenoxy) is 2. The fourth-order valence-corrected chi connectivity index (χ4v) is 4.23. The molecule has 2 heterocycles. The Hall–Kier alpha value is -5.92. The predicted molar refractivity (Wildman–Crippen MR) is 162 cm³/mol. The van der Waals surface area contributed by atoms with Crippen molar-refractivity contribution in [3.8, 4) is 5.75 Å². The van der Waals surface area contributed by atoms with Gasteiger partial charge in [0.1, 0.15) is 12.0 Å². The van der Waals surface area contributed by atoms with E-state index < -0.39 is 24.8 Å². The molecule has 0 spiro atoms. The van der Waals surface area contributed by atoms with Gasteiger partial charge < -0.3 is 34.7 Å². The summed E-state index contributed by atoms with van der Waals surface area (Å²) in [4.78, 5) is 55.3. The van der Waals surface area contributed by atoms with Crippen LogP contribution < -0.4 is 15.5 Å². The molecular formula is C31H32N6O8. The highest BCUT2D eigenvalue weighted by Crippen LogP contribution is 2.27. The molecule has 5 N–H and O–H groups in total. The fourth-order valence-electron chi connectivity index (χ4n) is 4.23. The first-order chi connectivity index (χ1) is 21.6. The van der Waals surface area contributed by atoms with E-state index in [1.165, 1.54) is 42.8 Å². The summed E-state index contributed by atoms with van der Waals surface area (Å²) in [7, 11) is 0. The Kier molecular flexibility index (Phi) is 10.3. The van der Waals surface area contributed by atoms with Crippen molar-refractivity contribution in [2.24, 2.45) is 0 Å². The van der Waals surface area contributed by atoms with E-state index in [2.05, 4.69) is 20.8 Å². The lowest BCUT2D eigenvalue weighted by Gasteiger charge is -2.24. The number of carbonyl (C=O) groups is 4. The quantitative estimate of drug-likeness (QED) is 0.0700. The number of anilines is 2. The second kappa shape index (κ2) is 14.5. The number of H-pyrrole nitrogens is 1. The van der Waals surface area contributed by atoms with Crippen LogP contribution >= 0.6 is 0 Å². The van der Waals surface area contributed by atoms with Crippen LogP contribution in [0, 0.1) is 19.3 Å². The zero-order chi connectivity index (χ0) is 32.5. The van der Waals surface area contributed by atoms with Crippen LogP contribution in [-0.4, -0.2) is 58.3 Å². The molecule has 4 aromatic rings. The van der Waals surface area contributed by atoms with Gasteiger partial charge in [0.05, 0.1) is 23.4 Å². The van der Waals surface area contributed by atoms with E-state index in [-0.39, 0.29) is 52.2 Å². The number of amidine groups is 1. The van der Waals surface area contributed by atoms with E-state index in [0.717, 1.165) is 11.3 Å². The van der Waals surface area contributed by atoms with Gasteiger partial charge in [-0.15, -0.1) is 0 Å². The Labute approximate surface area is 257 Å². The Morgan fingerprint density at radius 3 is 2.49 bits per heavy atom. The first kappa shape index (κ1) is 32.0. The molecule has 0 bridgehead atoms. The molecule has 0 aliphatic rings. The minimum Gasteiger partial charge on any atom is -0.508 e. The third kappa shape index (κ3) is 7.93. The number of nitrogens with zero attached hydrogens (tertiary/aromatic N) is 2. The summed E-state index contributed by atoms with van der Waals surface area (Å²) in [6.45, 7) is 4.92. The van der Waals surface area contributed by atoms with E-state index >= 15 is 0 Å². The minimum absolute atomic E-state index is 0.0459. The Morgan fingerprint density at radius 1 is 1.04 bits per heavy atom. The molecule has 0 aliphatic carbocycles. The smallest absolute Gasteiger partial charge is 0.423 e. The van der Waals surface area contributed by atoms with E-state index in [9.17, 15) is 24.3 Å². The van der Waals surface area contributed by atoms with Crippen LogP contribution in [0.2, 0.25) is 0 Å². The molecule has 45 heavy (non-hydrogen) atoms. The summed E-state index contributed by atoms with van der Waals surface area (Å²) < 4.78 is 15.1. The number of hydrogen-bond donors (Lipinski definition) is 5. The maximum Gasteiger partial charge on any atom is 0.423 e. The average Bonchev–Trinajstić information content (AvgIpc) is 3.67. The average molecular weight is 617 g/mol. The number of aryl methyl sites for hydroxylation is 1. The third-order valence-electron chi connectivity index (χ3n) is 6.64. The predicted octanol–water partition coefficient (Wildman–Crippen LogP) is 4.43. The lowest BCUT2D eigenvalue weighted by atomic mass is 10.1. The number of amides is 3. The number of carbonyl (C=O) groups excluding carboxylic acids is 4. The standard InChI is InChI=1S/C31H32N6O8/c1-4-12-33-30(41)23-16-34-27(19(23)3)28(32)37(31(42)44-17-43-26(39)14-20-6-9-22(38)10-7-20)24-15-21(8-5-18(24)2)29(40)35-25-11-13-45-36-25/h5-11,13,15-16,32,34,38H,4,12,14,17H2,1-3H3,(H,33,41)(H,35,36,40). The molecule has 0 atom stereocenters. The number of rotatable bonds is 11. The molecule has 0 fully saturated rings. The molecule has 234 valence electrons. The molecular weight excluding hydrogens is 584 g/mol. The summed E-state index contributed by atoms with van der Waals surface area (Å²) in [6, 6.07) is 11.9. The molecule has 0 saturated carbocycles. The van der Waals surface area contributed by atoms with Crippen molar-refractivity contribution in [3.05, 3.63) is 94.5 Å². The van der Waals surface area contributed by atoms with E-state index in [1.807, 2.05) is 6.92 Å². The topological polar surface area (TPSA) is 200 Å². The van der Waals surface area contributed by atoms with Crippen molar-refractivity contribution in [1.82, 2.24) is 15.5 Å². The molecule has 0 radical (unpaired) electrons. The molecule has 14 heteroatoms. The van der Waals surface area contributed by atoms with Crippen molar-refractivity contribution < 1.29 is 38.3 Å². The van der Waals surface area contributed by atoms with Gasteiger partial charge in [-0.05, 0) is 61.2 Å². The molecule has 4 rings (SSSR count). The monoisotopic (exact) mass is 616 g/mol. The number of aromatic nitrogens is 2.